The number of phenolic OH excluding ortho intramolecular Hbond substituents is 1. The normalized spacial score (nSPS) is 12.0. The minimum absolute atomic E-state index is 0.159. The van der Waals surface area contributed by atoms with Crippen molar-refractivity contribution < 1.29 is 14.6 Å². The number of ether oxygens (including phenoxy) is 2. The third-order valence-corrected chi connectivity index (χ3v) is 3.56. The molecule has 2 rings (SSSR count). The van der Waals surface area contributed by atoms with Crippen molar-refractivity contribution in [3.8, 4) is 17.2 Å². The Kier molecular flexibility index (Phi) is 5.06. The molecule has 4 nitrogen and oxygen atoms in total. The Morgan fingerprint density at radius 2 is 1.81 bits per heavy atom. The number of benzene rings is 2. The van der Waals surface area contributed by atoms with E-state index in [0.29, 0.717) is 18.0 Å². The van der Waals surface area contributed by atoms with E-state index >= 15 is 0 Å². The molecule has 0 aliphatic rings. The zero-order valence-electron chi connectivity index (χ0n) is 12.4. The van der Waals surface area contributed by atoms with Crippen molar-refractivity contribution in [2.45, 2.75) is 12.3 Å². The second-order valence-corrected chi connectivity index (χ2v) is 4.92. The highest BCUT2D eigenvalue weighted by Crippen LogP contribution is 2.31. The predicted molar refractivity (Wildman–Crippen MR) is 83.2 cm³/mol. The third kappa shape index (κ3) is 3.67. The average Bonchev–Trinajstić information content (AvgIpc) is 2.52. The van der Waals surface area contributed by atoms with E-state index in [1.54, 1.807) is 26.4 Å². The van der Waals surface area contributed by atoms with Gasteiger partial charge in [-0.25, -0.2) is 0 Å². The molecule has 1 atom stereocenters. The van der Waals surface area contributed by atoms with E-state index in [1.165, 1.54) is 0 Å². The zero-order chi connectivity index (χ0) is 15.2. The molecule has 3 N–H and O–H groups in total. The molecule has 0 heterocycles. The van der Waals surface area contributed by atoms with E-state index in [1.807, 2.05) is 30.3 Å². The van der Waals surface area contributed by atoms with Crippen LogP contribution in [0.5, 0.6) is 17.2 Å². The molecule has 0 aromatic heterocycles. The topological polar surface area (TPSA) is 64.7 Å². The molecule has 2 aromatic rings. The summed E-state index contributed by atoms with van der Waals surface area (Å²) < 4.78 is 10.6. The van der Waals surface area contributed by atoms with Gasteiger partial charge in [0.2, 0.25) is 0 Å². The maximum atomic E-state index is 9.55. The molecule has 0 radical (unpaired) electrons. The van der Waals surface area contributed by atoms with Crippen molar-refractivity contribution in [1.29, 1.82) is 0 Å². The number of nitrogens with two attached hydrogens (primary N) is 1. The maximum absolute atomic E-state index is 9.55. The van der Waals surface area contributed by atoms with Crippen molar-refractivity contribution >= 4 is 0 Å². The fourth-order valence-corrected chi connectivity index (χ4v) is 2.41. The molecular formula is C17H21NO3. The summed E-state index contributed by atoms with van der Waals surface area (Å²) in [6, 6.07) is 13.1. The van der Waals surface area contributed by atoms with Crippen molar-refractivity contribution in [3.05, 3.63) is 53.6 Å². The van der Waals surface area contributed by atoms with Gasteiger partial charge in [0.15, 0.2) is 11.5 Å². The summed E-state index contributed by atoms with van der Waals surface area (Å²) in [5.74, 6) is 1.83. The van der Waals surface area contributed by atoms with E-state index in [4.69, 9.17) is 15.2 Å². The summed E-state index contributed by atoms with van der Waals surface area (Å²) in [6.45, 7) is 0.519. The SMILES string of the molecule is COc1ccc(C(CN)Cc2cccc(O)c2)cc1OC. The number of phenols is 1. The largest absolute Gasteiger partial charge is 0.508 e. The minimum Gasteiger partial charge on any atom is -0.508 e. The van der Waals surface area contributed by atoms with Gasteiger partial charge in [-0.05, 0) is 48.4 Å². The van der Waals surface area contributed by atoms with Gasteiger partial charge in [-0.1, -0.05) is 18.2 Å². The van der Waals surface area contributed by atoms with Crippen molar-refractivity contribution in [3.63, 3.8) is 0 Å². The van der Waals surface area contributed by atoms with Crippen LogP contribution in [0.4, 0.5) is 0 Å². The maximum Gasteiger partial charge on any atom is 0.160 e. The van der Waals surface area contributed by atoms with Crippen molar-refractivity contribution in [1.82, 2.24) is 0 Å². The van der Waals surface area contributed by atoms with Gasteiger partial charge in [0.05, 0.1) is 14.2 Å². The van der Waals surface area contributed by atoms with Gasteiger partial charge >= 0.3 is 0 Å². The first-order chi connectivity index (χ1) is 10.2. The lowest BCUT2D eigenvalue weighted by molar-refractivity contribution is 0.354. The molecule has 1 unspecified atom stereocenters. The molecule has 21 heavy (non-hydrogen) atoms. The van der Waals surface area contributed by atoms with E-state index in [2.05, 4.69) is 0 Å². The number of hydrogen-bond donors (Lipinski definition) is 2. The average molecular weight is 287 g/mol. The Morgan fingerprint density at radius 1 is 1.05 bits per heavy atom. The Balaban J connectivity index is 2.25. The summed E-state index contributed by atoms with van der Waals surface area (Å²) in [5, 5.41) is 9.55. The van der Waals surface area contributed by atoms with Crippen LogP contribution in [-0.2, 0) is 6.42 Å². The summed E-state index contributed by atoms with van der Waals surface area (Å²) in [5.41, 5.74) is 8.07. The zero-order valence-corrected chi connectivity index (χ0v) is 12.4. The van der Waals surface area contributed by atoms with Crippen molar-refractivity contribution in [2.75, 3.05) is 20.8 Å². The van der Waals surface area contributed by atoms with E-state index in [9.17, 15) is 5.11 Å². The highest BCUT2D eigenvalue weighted by Gasteiger charge is 2.14. The van der Waals surface area contributed by atoms with Gasteiger partial charge in [0.25, 0.3) is 0 Å². The van der Waals surface area contributed by atoms with Gasteiger partial charge in [-0.15, -0.1) is 0 Å². The summed E-state index contributed by atoms with van der Waals surface area (Å²) in [4.78, 5) is 0. The molecule has 0 saturated carbocycles. The fourth-order valence-electron chi connectivity index (χ4n) is 2.41. The fraction of sp³-hybridized carbons (Fsp3) is 0.294. The van der Waals surface area contributed by atoms with E-state index < -0.39 is 0 Å². The summed E-state index contributed by atoms with van der Waals surface area (Å²) in [7, 11) is 3.24. The monoisotopic (exact) mass is 287 g/mol. The van der Waals surface area contributed by atoms with Crippen LogP contribution in [0.1, 0.15) is 17.0 Å². The molecule has 0 saturated heterocycles. The number of methoxy groups -OCH3 is 2. The quantitative estimate of drug-likeness (QED) is 0.857. The van der Waals surface area contributed by atoms with Crippen LogP contribution in [-0.4, -0.2) is 25.9 Å². The molecule has 0 spiro atoms. The Morgan fingerprint density at radius 3 is 2.43 bits per heavy atom. The number of aromatic hydroxyl groups is 1. The van der Waals surface area contributed by atoms with Gasteiger partial charge in [0, 0.05) is 5.92 Å². The van der Waals surface area contributed by atoms with E-state index in [-0.39, 0.29) is 11.7 Å². The first-order valence-electron chi connectivity index (χ1n) is 6.87. The molecule has 0 amide bonds. The van der Waals surface area contributed by atoms with E-state index in [0.717, 1.165) is 17.5 Å². The first-order valence-corrected chi connectivity index (χ1v) is 6.87. The number of hydrogen-bond acceptors (Lipinski definition) is 4. The highest BCUT2D eigenvalue weighted by molar-refractivity contribution is 5.44. The molecule has 2 aromatic carbocycles. The molecule has 4 heteroatoms. The Bertz CT molecular complexity index is 598. The first kappa shape index (κ1) is 15.2. The smallest absolute Gasteiger partial charge is 0.160 e. The van der Waals surface area contributed by atoms with Gasteiger partial charge in [-0.3, -0.25) is 0 Å². The molecular weight excluding hydrogens is 266 g/mol. The molecule has 0 aliphatic heterocycles. The highest BCUT2D eigenvalue weighted by atomic mass is 16.5. The van der Waals surface area contributed by atoms with Crippen LogP contribution in [0.25, 0.3) is 0 Å². The lowest BCUT2D eigenvalue weighted by Crippen LogP contribution is -2.15. The standard InChI is InChI=1S/C17H21NO3/c1-20-16-7-6-13(10-17(16)21-2)14(11-18)8-12-4-3-5-15(19)9-12/h3-7,9-10,14,19H,8,11,18H2,1-2H3. The summed E-state index contributed by atoms with van der Waals surface area (Å²) >= 11 is 0. The van der Waals surface area contributed by atoms with Crippen LogP contribution in [0.15, 0.2) is 42.5 Å². The lowest BCUT2D eigenvalue weighted by Gasteiger charge is -2.17. The Hall–Kier alpha value is -2.20. The second kappa shape index (κ2) is 6.99. The number of rotatable bonds is 6. The van der Waals surface area contributed by atoms with Gasteiger partial charge < -0.3 is 20.3 Å². The third-order valence-electron chi connectivity index (χ3n) is 3.56. The van der Waals surface area contributed by atoms with Gasteiger partial charge in [0.1, 0.15) is 5.75 Å². The molecule has 0 bridgehead atoms. The van der Waals surface area contributed by atoms with Crippen LogP contribution < -0.4 is 15.2 Å². The van der Waals surface area contributed by atoms with Crippen LogP contribution >= 0.6 is 0 Å². The summed E-state index contributed by atoms with van der Waals surface area (Å²) in [6.07, 6.45) is 0.764. The second-order valence-electron chi connectivity index (χ2n) is 4.92. The lowest BCUT2D eigenvalue weighted by atomic mass is 9.91. The van der Waals surface area contributed by atoms with Crippen molar-refractivity contribution in [2.24, 2.45) is 5.73 Å². The van der Waals surface area contributed by atoms with Crippen LogP contribution in [0, 0.1) is 0 Å². The Labute approximate surface area is 125 Å². The molecule has 0 fully saturated rings. The van der Waals surface area contributed by atoms with Crippen LogP contribution in [0.3, 0.4) is 0 Å². The predicted octanol–water partition coefficient (Wildman–Crippen LogP) is 2.69. The molecule has 0 aliphatic carbocycles. The van der Waals surface area contributed by atoms with Gasteiger partial charge in [-0.2, -0.15) is 0 Å². The minimum atomic E-state index is 0.159. The molecule has 112 valence electrons. The van der Waals surface area contributed by atoms with Crippen LogP contribution in [0.2, 0.25) is 0 Å².